The van der Waals surface area contributed by atoms with Gasteiger partial charge in [0.2, 0.25) is 5.95 Å². The predicted octanol–water partition coefficient (Wildman–Crippen LogP) is 3.57. The summed E-state index contributed by atoms with van der Waals surface area (Å²) in [5, 5.41) is 2.93. The molecule has 0 aliphatic carbocycles. The van der Waals surface area contributed by atoms with Gasteiger partial charge >= 0.3 is 0 Å². The molecule has 0 unspecified atom stereocenters. The van der Waals surface area contributed by atoms with Crippen molar-refractivity contribution in [1.82, 2.24) is 24.4 Å². The highest BCUT2D eigenvalue weighted by Gasteiger charge is 2.16. The van der Waals surface area contributed by atoms with Crippen LogP contribution in [0.5, 0.6) is 0 Å². The predicted molar refractivity (Wildman–Crippen MR) is 115 cm³/mol. The third-order valence-corrected chi connectivity index (χ3v) is 5.10. The van der Waals surface area contributed by atoms with Crippen molar-refractivity contribution in [3.8, 4) is 0 Å². The van der Waals surface area contributed by atoms with Crippen LogP contribution in [0.3, 0.4) is 0 Å². The van der Waals surface area contributed by atoms with Crippen LogP contribution in [-0.4, -0.2) is 50.0 Å². The van der Waals surface area contributed by atoms with Crippen LogP contribution in [-0.2, 0) is 6.54 Å². The smallest absolute Gasteiger partial charge is 0.278 e. The molecular weight excluding hydrogens is 364 g/mol. The van der Waals surface area contributed by atoms with E-state index in [2.05, 4.69) is 43.6 Å². The first kappa shape index (κ1) is 19.0. The molecule has 0 radical (unpaired) electrons. The number of likely N-dealkylation sites (N-methyl/N-ethyl adjacent to an activating group) is 1. The van der Waals surface area contributed by atoms with Crippen molar-refractivity contribution in [2.24, 2.45) is 0 Å². The van der Waals surface area contributed by atoms with Gasteiger partial charge in [-0.2, -0.15) is 0 Å². The van der Waals surface area contributed by atoms with Gasteiger partial charge in [-0.1, -0.05) is 38.1 Å². The molecule has 0 aliphatic rings. The van der Waals surface area contributed by atoms with E-state index in [1.54, 1.807) is 0 Å². The Hall–Kier alpha value is -3.32. The third-order valence-electron chi connectivity index (χ3n) is 5.10. The largest absolute Gasteiger partial charge is 0.309 e. The minimum atomic E-state index is -0.317. The van der Waals surface area contributed by atoms with E-state index in [4.69, 9.17) is 0 Å². The molecule has 0 atom stereocenters. The molecule has 1 N–H and O–H groups in total. The van der Waals surface area contributed by atoms with Crippen LogP contribution >= 0.6 is 0 Å². The molecule has 1 amide bonds. The SMILES string of the molecule is CCN(CC)CCn1c(NC(=O)c2cnc3ccccc3n2)nc2ccccc21. The van der Waals surface area contributed by atoms with Crippen molar-refractivity contribution < 1.29 is 4.79 Å². The molecular formula is C22H24N6O. The highest BCUT2D eigenvalue weighted by molar-refractivity contribution is 6.03. The average molecular weight is 388 g/mol. The van der Waals surface area contributed by atoms with Crippen LogP contribution in [0.25, 0.3) is 22.1 Å². The summed E-state index contributed by atoms with van der Waals surface area (Å²) >= 11 is 0. The Morgan fingerprint density at radius 3 is 2.41 bits per heavy atom. The second-order valence-electron chi connectivity index (χ2n) is 6.80. The number of amides is 1. The molecule has 7 heteroatoms. The maximum atomic E-state index is 12.9. The number of nitrogens with zero attached hydrogens (tertiary/aromatic N) is 5. The van der Waals surface area contributed by atoms with Crippen LogP contribution in [0.1, 0.15) is 24.3 Å². The number of carbonyl (C=O) groups excluding carboxylic acids is 1. The van der Waals surface area contributed by atoms with E-state index >= 15 is 0 Å². The van der Waals surface area contributed by atoms with Crippen molar-refractivity contribution in [1.29, 1.82) is 0 Å². The first-order valence-corrected chi connectivity index (χ1v) is 9.90. The number of hydrogen-bond donors (Lipinski definition) is 1. The van der Waals surface area contributed by atoms with Gasteiger partial charge in [0.05, 0.1) is 28.3 Å². The van der Waals surface area contributed by atoms with Gasteiger partial charge in [0, 0.05) is 13.1 Å². The van der Waals surface area contributed by atoms with E-state index in [9.17, 15) is 4.79 Å². The molecule has 29 heavy (non-hydrogen) atoms. The normalized spacial score (nSPS) is 11.4. The number of rotatable bonds is 7. The Balaban J connectivity index is 1.63. The zero-order valence-corrected chi connectivity index (χ0v) is 16.7. The Morgan fingerprint density at radius 2 is 1.66 bits per heavy atom. The van der Waals surface area contributed by atoms with Crippen LogP contribution < -0.4 is 5.32 Å². The molecule has 2 aromatic carbocycles. The first-order chi connectivity index (χ1) is 14.2. The second-order valence-corrected chi connectivity index (χ2v) is 6.80. The van der Waals surface area contributed by atoms with Gasteiger partial charge in [0.25, 0.3) is 5.91 Å². The van der Waals surface area contributed by atoms with Gasteiger partial charge in [-0.25, -0.2) is 9.97 Å². The number of aromatic nitrogens is 4. The molecule has 2 heterocycles. The maximum absolute atomic E-state index is 12.9. The van der Waals surface area contributed by atoms with E-state index in [1.165, 1.54) is 6.20 Å². The zero-order chi connectivity index (χ0) is 20.2. The summed E-state index contributed by atoms with van der Waals surface area (Å²) in [4.78, 5) is 28.6. The molecule has 4 aromatic rings. The molecule has 2 aromatic heterocycles. The lowest BCUT2D eigenvalue weighted by Crippen LogP contribution is -2.27. The molecule has 4 rings (SSSR count). The number of para-hydroxylation sites is 4. The minimum absolute atomic E-state index is 0.269. The number of carbonyl (C=O) groups is 1. The zero-order valence-electron chi connectivity index (χ0n) is 16.7. The van der Waals surface area contributed by atoms with Gasteiger partial charge in [-0.3, -0.25) is 15.1 Å². The molecule has 0 spiro atoms. The number of anilines is 1. The summed E-state index contributed by atoms with van der Waals surface area (Å²) in [6.07, 6.45) is 1.50. The van der Waals surface area contributed by atoms with E-state index in [0.29, 0.717) is 11.5 Å². The van der Waals surface area contributed by atoms with Crippen molar-refractivity contribution in [2.45, 2.75) is 20.4 Å². The quantitative estimate of drug-likeness (QED) is 0.524. The van der Waals surface area contributed by atoms with Crippen molar-refractivity contribution in [3.05, 3.63) is 60.4 Å². The van der Waals surface area contributed by atoms with Gasteiger partial charge in [-0.15, -0.1) is 0 Å². The van der Waals surface area contributed by atoms with Gasteiger partial charge in [-0.05, 0) is 37.4 Å². The Kier molecular flexibility index (Phi) is 5.48. The fourth-order valence-corrected chi connectivity index (χ4v) is 3.41. The van der Waals surface area contributed by atoms with Crippen LogP contribution in [0.15, 0.2) is 54.7 Å². The van der Waals surface area contributed by atoms with E-state index < -0.39 is 0 Å². The van der Waals surface area contributed by atoms with Crippen LogP contribution in [0.2, 0.25) is 0 Å². The maximum Gasteiger partial charge on any atom is 0.278 e. The number of benzene rings is 2. The number of hydrogen-bond acceptors (Lipinski definition) is 5. The summed E-state index contributed by atoms with van der Waals surface area (Å²) in [7, 11) is 0. The molecule has 148 valence electrons. The number of fused-ring (bicyclic) bond motifs is 2. The first-order valence-electron chi connectivity index (χ1n) is 9.90. The minimum Gasteiger partial charge on any atom is -0.309 e. The molecule has 0 fully saturated rings. The van der Waals surface area contributed by atoms with Gasteiger partial charge in [0.15, 0.2) is 0 Å². The van der Waals surface area contributed by atoms with Crippen LogP contribution in [0, 0.1) is 0 Å². The van der Waals surface area contributed by atoms with Crippen molar-refractivity contribution in [2.75, 3.05) is 25.0 Å². The standard InChI is InChI=1S/C22H24N6O/c1-3-27(4-2)13-14-28-20-12-8-7-11-18(20)25-22(28)26-21(29)19-15-23-16-9-5-6-10-17(16)24-19/h5-12,15H,3-4,13-14H2,1-2H3,(H,25,26,29). The summed E-state index contributed by atoms with van der Waals surface area (Å²) < 4.78 is 2.06. The average Bonchev–Trinajstić information content (AvgIpc) is 3.11. The lowest BCUT2D eigenvalue weighted by molar-refractivity contribution is 0.102. The van der Waals surface area contributed by atoms with E-state index in [-0.39, 0.29) is 11.6 Å². The fraction of sp³-hybridized carbons (Fsp3) is 0.273. The van der Waals surface area contributed by atoms with Gasteiger partial charge in [0.1, 0.15) is 5.69 Å². The number of nitrogens with one attached hydrogen (secondary N) is 1. The molecule has 7 nitrogen and oxygen atoms in total. The third kappa shape index (κ3) is 3.95. The summed E-state index contributed by atoms with van der Waals surface area (Å²) in [6.45, 7) is 7.88. The Morgan fingerprint density at radius 1 is 0.966 bits per heavy atom. The highest BCUT2D eigenvalue weighted by atomic mass is 16.2. The lowest BCUT2D eigenvalue weighted by Gasteiger charge is -2.19. The Bertz CT molecular complexity index is 1150. The Labute approximate surface area is 169 Å². The number of imidazole rings is 1. The molecule has 0 bridgehead atoms. The van der Waals surface area contributed by atoms with Crippen LogP contribution in [0.4, 0.5) is 5.95 Å². The van der Waals surface area contributed by atoms with E-state index in [0.717, 1.165) is 42.7 Å². The monoisotopic (exact) mass is 388 g/mol. The fourth-order valence-electron chi connectivity index (χ4n) is 3.41. The highest BCUT2D eigenvalue weighted by Crippen LogP contribution is 2.20. The lowest BCUT2D eigenvalue weighted by atomic mass is 10.3. The summed E-state index contributed by atoms with van der Waals surface area (Å²) in [6, 6.07) is 15.4. The van der Waals surface area contributed by atoms with Gasteiger partial charge < -0.3 is 9.47 Å². The van der Waals surface area contributed by atoms with Crippen molar-refractivity contribution in [3.63, 3.8) is 0 Å². The topological polar surface area (TPSA) is 75.9 Å². The summed E-state index contributed by atoms with van der Waals surface area (Å²) in [5.74, 6) is 0.209. The molecule has 0 aliphatic heterocycles. The molecule has 0 saturated carbocycles. The summed E-state index contributed by atoms with van der Waals surface area (Å²) in [5.41, 5.74) is 3.57. The second kappa shape index (κ2) is 8.36. The van der Waals surface area contributed by atoms with Crippen molar-refractivity contribution >= 4 is 33.9 Å². The van der Waals surface area contributed by atoms with E-state index in [1.807, 2.05) is 48.5 Å². The molecule has 0 saturated heterocycles.